The fourth-order valence-corrected chi connectivity index (χ4v) is 3.75. The molecular weight excluding hydrogens is 403 g/mol. The predicted octanol–water partition coefficient (Wildman–Crippen LogP) is 1.26. The minimum atomic E-state index is -3.42. The first kappa shape index (κ1) is 19.9. The van der Waals surface area contributed by atoms with Gasteiger partial charge in [-0.2, -0.15) is 15.3 Å². The first-order chi connectivity index (χ1) is 14.2. The standard InChI is InChI=1S/C19H19BN6O3S/c1-20(27)13-4-6-19(26-11-14(9-23-26)25-30(2,28)29)16(8-13)12-3-5-15-17(21)10-22-24-18(15)7-12/h3-11,25,27H,1-2H3,(H2,21,24). The number of benzene rings is 2. The molecule has 0 unspecified atom stereocenters. The predicted molar refractivity (Wildman–Crippen MR) is 118 cm³/mol. The van der Waals surface area contributed by atoms with Gasteiger partial charge in [-0.05, 0) is 29.2 Å². The molecule has 152 valence electrons. The second-order valence-corrected chi connectivity index (χ2v) is 8.78. The summed E-state index contributed by atoms with van der Waals surface area (Å²) < 4.78 is 27.0. The lowest BCUT2D eigenvalue weighted by Gasteiger charge is -2.13. The number of nitrogens with one attached hydrogen (secondary N) is 1. The fraction of sp³-hybridized carbons (Fsp3) is 0.105. The van der Waals surface area contributed by atoms with Crippen molar-refractivity contribution < 1.29 is 13.4 Å². The molecule has 0 aliphatic heterocycles. The van der Waals surface area contributed by atoms with Gasteiger partial charge in [0.15, 0.2) is 0 Å². The zero-order valence-electron chi connectivity index (χ0n) is 16.3. The van der Waals surface area contributed by atoms with E-state index >= 15 is 0 Å². The van der Waals surface area contributed by atoms with Crippen LogP contribution < -0.4 is 15.9 Å². The van der Waals surface area contributed by atoms with E-state index in [9.17, 15) is 13.4 Å². The molecule has 0 fully saturated rings. The quantitative estimate of drug-likeness (QED) is 0.412. The normalized spacial score (nSPS) is 11.6. The summed E-state index contributed by atoms with van der Waals surface area (Å²) >= 11 is 0. The summed E-state index contributed by atoms with van der Waals surface area (Å²) in [5, 5.41) is 23.2. The zero-order valence-corrected chi connectivity index (χ0v) is 17.1. The van der Waals surface area contributed by atoms with Crippen molar-refractivity contribution >= 4 is 44.7 Å². The molecule has 4 N–H and O–H groups in total. The minimum Gasteiger partial charge on any atom is -0.447 e. The van der Waals surface area contributed by atoms with Crippen LogP contribution in [-0.2, 0) is 10.0 Å². The van der Waals surface area contributed by atoms with Crippen molar-refractivity contribution in [2.45, 2.75) is 6.82 Å². The van der Waals surface area contributed by atoms with E-state index in [2.05, 4.69) is 20.0 Å². The van der Waals surface area contributed by atoms with Crippen LogP contribution in [0.3, 0.4) is 0 Å². The lowest BCUT2D eigenvalue weighted by atomic mass is 9.64. The molecule has 0 saturated carbocycles. The van der Waals surface area contributed by atoms with Crippen LogP contribution in [-0.4, -0.2) is 46.6 Å². The van der Waals surface area contributed by atoms with E-state index in [0.717, 1.165) is 28.2 Å². The highest BCUT2D eigenvalue weighted by molar-refractivity contribution is 7.92. The van der Waals surface area contributed by atoms with Crippen LogP contribution in [0.2, 0.25) is 6.82 Å². The summed E-state index contributed by atoms with van der Waals surface area (Å²) in [6.45, 7) is 1.03. The van der Waals surface area contributed by atoms with E-state index in [1.54, 1.807) is 23.8 Å². The third kappa shape index (κ3) is 3.98. The van der Waals surface area contributed by atoms with Crippen LogP contribution in [0.25, 0.3) is 27.7 Å². The molecule has 2 aromatic heterocycles. The number of rotatable bonds is 5. The molecule has 9 nitrogen and oxygen atoms in total. The number of hydrogen-bond acceptors (Lipinski definition) is 7. The Bertz CT molecular complexity index is 1350. The molecule has 0 radical (unpaired) electrons. The Morgan fingerprint density at radius 2 is 1.97 bits per heavy atom. The number of sulfonamides is 1. The smallest absolute Gasteiger partial charge is 0.320 e. The van der Waals surface area contributed by atoms with Crippen molar-refractivity contribution in [2.24, 2.45) is 0 Å². The van der Waals surface area contributed by atoms with Crippen molar-refractivity contribution in [2.75, 3.05) is 16.7 Å². The number of nitrogens with two attached hydrogens (primary N) is 1. The van der Waals surface area contributed by atoms with Gasteiger partial charge < -0.3 is 10.8 Å². The van der Waals surface area contributed by atoms with Gasteiger partial charge in [-0.3, -0.25) is 4.72 Å². The van der Waals surface area contributed by atoms with Gasteiger partial charge in [-0.1, -0.05) is 25.0 Å². The molecule has 2 aromatic carbocycles. The first-order valence-corrected chi connectivity index (χ1v) is 11.0. The van der Waals surface area contributed by atoms with Crippen molar-refractivity contribution in [3.05, 3.63) is 55.0 Å². The van der Waals surface area contributed by atoms with Crippen LogP contribution in [0, 0.1) is 0 Å². The summed E-state index contributed by atoms with van der Waals surface area (Å²) in [7, 11) is -3.42. The van der Waals surface area contributed by atoms with Gasteiger partial charge in [0, 0.05) is 10.9 Å². The molecular formula is C19H19BN6O3S. The SMILES string of the molecule is CB(O)c1ccc(-n2cc(NS(C)(=O)=O)cn2)c(-c2ccc3c(N)cnnc3c2)c1. The largest absolute Gasteiger partial charge is 0.447 e. The number of aromatic nitrogens is 4. The molecule has 4 rings (SSSR count). The summed E-state index contributed by atoms with van der Waals surface area (Å²) in [5.74, 6) is 0. The van der Waals surface area contributed by atoms with Gasteiger partial charge in [0.2, 0.25) is 10.0 Å². The summed E-state index contributed by atoms with van der Waals surface area (Å²) in [6, 6.07) is 11.1. The molecule has 0 amide bonds. The minimum absolute atomic E-state index is 0.347. The maximum Gasteiger partial charge on any atom is 0.320 e. The molecule has 0 saturated heterocycles. The average Bonchev–Trinajstić information content (AvgIpc) is 3.14. The Morgan fingerprint density at radius 1 is 1.17 bits per heavy atom. The van der Waals surface area contributed by atoms with Crippen molar-refractivity contribution in [3.8, 4) is 16.8 Å². The number of fused-ring (bicyclic) bond motifs is 1. The van der Waals surface area contributed by atoms with Crippen molar-refractivity contribution in [1.29, 1.82) is 0 Å². The molecule has 4 aromatic rings. The fourth-order valence-electron chi connectivity index (χ4n) is 3.21. The molecule has 0 bridgehead atoms. The second kappa shape index (κ2) is 7.43. The highest BCUT2D eigenvalue weighted by Gasteiger charge is 2.15. The van der Waals surface area contributed by atoms with E-state index in [0.29, 0.717) is 22.6 Å². The highest BCUT2D eigenvalue weighted by Crippen LogP contribution is 2.30. The van der Waals surface area contributed by atoms with E-state index in [-0.39, 0.29) is 0 Å². The lowest BCUT2D eigenvalue weighted by Crippen LogP contribution is -2.26. The Balaban J connectivity index is 1.87. The Kier molecular flexibility index (Phi) is 4.92. The third-order valence-electron chi connectivity index (χ3n) is 4.62. The maximum atomic E-state index is 11.5. The van der Waals surface area contributed by atoms with Crippen LogP contribution in [0.15, 0.2) is 55.0 Å². The number of anilines is 2. The highest BCUT2D eigenvalue weighted by atomic mass is 32.2. The van der Waals surface area contributed by atoms with Crippen molar-refractivity contribution in [1.82, 2.24) is 20.0 Å². The molecule has 0 aliphatic carbocycles. The van der Waals surface area contributed by atoms with Crippen LogP contribution in [0.5, 0.6) is 0 Å². The van der Waals surface area contributed by atoms with Gasteiger partial charge in [0.25, 0.3) is 0 Å². The number of nitrogen functional groups attached to an aromatic ring is 1. The maximum absolute atomic E-state index is 11.5. The summed E-state index contributed by atoms with van der Waals surface area (Å²) in [4.78, 5) is 0. The number of nitrogens with zero attached hydrogens (tertiary/aromatic N) is 4. The topological polar surface area (TPSA) is 136 Å². The monoisotopic (exact) mass is 422 g/mol. The van der Waals surface area contributed by atoms with Crippen LogP contribution in [0.1, 0.15) is 0 Å². The Morgan fingerprint density at radius 3 is 2.70 bits per heavy atom. The van der Waals surface area contributed by atoms with E-state index in [1.807, 2.05) is 30.3 Å². The molecule has 0 atom stereocenters. The Labute approximate surface area is 173 Å². The van der Waals surface area contributed by atoms with Gasteiger partial charge in [0.05, 0.1) is 47.4 Å². The summed E-state index contributed by atoms with van der Waals surface area (Å²) in [6.07, 6.45) is 5.59. The van der Waals surface area contributed by atoms with Gasteiger partial charge in [0.1, 0.15) is 0 Å². The molecule has 0 aliphatic rings. The third-order valence-corrected chi connectivity index (χ3v) is 5.22. The van der Waals surface area contributed by atoms with Crippen molar-refractivity contribution in [3.63, 3.8) is 0 Å². The number of hydrogen-bond donors (Lipinski definition) is 3. The van der Waals surface area contributed by atoms with Crippen LogP contribution >= 0.6 is 0 Å². The molecule has 30 heavy (non-hydrogen) atoms. The molecule has 11 heteroatoms. The summed E-state index contributed by atoms with van der Waals surface area (Å²) in [5.41, 5.74) is 10.5. The lowest BCUT2D eigenvalue weighted by molar-refractivity contribution is 0.594. The van der Waals surface area contributed by atoms with Gasteiger partial charge in [-0.25, -0.2) is 13.1 Å². The van der Waals surface area contributed by atoms with E-state index in [1.165, 1.54) is 12.4 Å². The first-order valence-electron chi connectivity index (χ1n) is 9.07. The van der Waals surface area contributed by atoms with E-state index in [4.69, 9.17) is 5.73 Å². The molecule has 0 spiro atoms. The second-order valence-electron chi connectivity index (χ2n) is 7.03. The van der Waals surface area contributed by atoms with Crippen LogP contribution in [0.4, 0.5) is 11.4 Å². The molecule has 2 heterocycles. The zero-order chi connectivity index (χ0) is 21.5. The Hall–Kier alpha value is -3.44. The average molecular weight is 422 g/mol. The van der Waals surface area contributed by atoms with E-state index < -0.39 is 16.9 Å². The van der Waals surface area contributed by atoms with Gasteiger partial charge >= 0.3 is 6.92 Å². The van der Waals surface area contributed by atoms with Gasteiger partial charge in [-0.15, -0.1) is 0 Å².